The number of benzene rings is 2. The van der Waals surface area contributed by atoms with E-state index in [0.29, 0.717) is 23.9 Å². The van der Waals surface area contributed by atoms with Crippen molar-refractivity contribution in [1.29, 1.82) is 0 Å². The standard InChI is InChI=1S/C24H28O9/c1-29-17-6-5-12-15(23(17)30-2)8-14-13-4-3-11(7-18(13)31-10-16(12)14)32-24-22(28)21(27)20(26)19(9-25)33-24/h3-7,14,16,19-22,24-28H,8-10H2,1-2H3/t14-,16-,19+,20+,21-,22+,24+/m0/s1. The Hall–Kier alpha value is -2.56. The lowest BCUT2D eigenvalue weighted by Crippen LogP contribution is -2.60. The van der Waals surface area contributed by atoms with Gasteiger partial charge in [-0.3, -0.25) is 0 Å². The van der Waals surface area contributed by atoms with E-state index in [1.54, 1.807) is 26.4 Å². The lowest BCUT2D eigenvalue weighted by Gasteiger charge is -2.39. The Kier molecular flexibility index (Phi) is 5.84. The van der Waals surface area contributed by atoms with Crippen molar-refractivity contribution in [1.82, 2.24) is 0 Å². The predicted molar refractivity (Wildman–Crippen MR) is 115 cm³/mol. The number of aliphatic hydroxyl groups is 4. The van der Waals surface area contributed by atoms with Gasteiger partial charge >= 0.3 is 0 Å². The van der Waals surface area contributed by atoms with E-state index >= 15 is 0 Å². The van der Waals surface area contributed by atoms with Gasteiger partial charge in [0.25, 0.3) is 0 Å². The molecule has 1 fully saturated rings. The summed E-state index contributed by atoms with van der Waals surface area (Å²) >= 11 is 0. The fourth-order valence-corrected chi connectivity index (χ4v) is 5.17. The molecule has 0 spiro atoms. The molecule has 5 rings (SSSR count). The molecule has 1 aliphatic carbocycles. The van der Waals surface area contributed by atoms with Crippen LogP contribution in [0.1, 0.15) is 28.5 Å². The van der Waals surface area contributed by atoms with E-state index in [4.69, 9.17) is 23.7 Å². The number of ether oxygens (including phenoxy) is 5. The molecule has 3 aliphatic rings. The first-order chi connectivity index (χ1) is 16.0. The third-order valence-corrected chi connectivity index (χ3v) is 6.90. The van der Waals surface area contributed by atoms with Crippen LogP contribution < -0.4 is 18.9 Å². The van der Waals surface area contributed by atoms with Crippen LogP contribution in [0.15, 0.2) is 30.3 Å². The fraction of sp³-hybridized carbons (Fsp3) is 0.500. The van der Waals surface area contributed by atoms with E-state index in [1.165, 1.54) is 5.56 Å². The van der Waals surface area contributed by atoms with Gasteiger partial charge in [0, 0.05) is 23.5 Å². The summed E-state index contributed by atoms with van der Waals surface area (Å²) in [6, 6.07) is 9.42. The monoisotopic (exact) mass is 460 g/mol. The molecule has 2 aromatic rings. The molecule has 0 bridgehead atoms. The van der Waals surface area contributed by atoms with Crippen molar-refractivity contribution in [3.8, 4) is 23.0 Å². The van der Waals surface area contributed by atoms with E-state index in [2.05, 4.69) is 6.07 Å². The highest BCUT2D eigenvalue weighted by molar-refractivity contribution is 5.58. The molecule has 178 valence electrons. The van der Waals surface area contributed by atoms with Crippen molar-refractivity contribution in [2.75, 3.05) is 27.4 Å². The molecule has 33 heavy (non-hydrogen) atoms. The summed E-state index contributed by atoms with van der Waals surface area (Å²) in [4.78, 5) is 0. The largest absolute Gasteiger partial charge is 0.493 e. The average molecular weight is 460 g/mol. The first kappa shape index (κ1) is 22.2. The Labute approximate surface area is 191 Å². The molecule has 2 aliphatic heterocycles. The van der Waals surface area contributed by atoms with E-state index in [-0.39, 0.29) is 11.8 Å². The van der Waals surface area contributed by atoms with Crippen LogP contribution in [0.3, 0.4) is 0 Å². The van der Waals surface area contributed by atoms with Crippen LogP contribution in [-0.4, -0.2) is 78.6 Å². The number of fused-ring (bicyclic) bond motifs is 5. The number of aliphatic hydroxyl groups excluding tert-OH is 4. The summed E-state index contributed by atoms with van der Waals surface area (Å²) in [7, 11) is 3.27. The highest BCUT2D eigenvalue weighted by Crippen LogP contribution is 2.54. The van der Waals surface area contributed by atoms with Crippen molar-refractivity contribution in [3.63, 3.8) is 0 Å². The molecular weight excluding hydrogens is 432 g/mol. The van der Waals surface area contributed by atoms with Gasteiger partial charge in [-0.2, -0.15) is 0 Å². The molecule has 1 saturated heterocycles. The van der Waals surface area contributed by atoms with Gasteiger partial charge in [0.2, 0.25) is 6.29 Å². The SMILES string of the molecule is COc1ccc2c(c1OC)C[C@H]1c3ccc(O[C@@H]4O[C@H](CO)[C@@H](O)[C@H](O)[C@H]4O)cc3OC[C@@H]21. The number of hydrogen-bond acceptors (Lipinski definition) is 9. The molecule has 0 aromatic heterocycles. The Morgan fingerprint density at radius 3 is 2.45 bits per heavy atom. The summed E-state index contributed by atoms with van der Waals surface area (Å²) in [5.74, 6) is 2.94. The van der Waals surface area contributed by atoms with Crippen molar-refractivity contribution in [3.05, 3.63) is 47.0 Å². The quantitative estimate of drug-likeness (QED) is 0.510. The topological polar surface area (TPSA) is 127 Å². The Morgan fingerprint density at radius 2 is 1.73 bits per heavy atom. The van der Waals surface area contributed by atoms with Gasteiger partial charge in [-0.25, -0.2) is 0 Å². The molecule has 0 unspecified atom stereocenters. The number of methoxy groups -OCH3 is 2. The third kappa shape index (κ3) is 3.60. The number of rotatable bonds is 5. The molecule has 0 saturated carbocycles. The number of hydrogen-bond donors (Lipinski definition) is 4. The van der Waals surface area contributed by atoms with E-state index < -0.39 is 37.3 Å². The van der Waals surface area contributed by atoms with Crippen molar-refractivity contribution in [2.24, 2.45) is 0 Å². The van der Waals surface area contributed by atoms with E-state index in [1.807, 2.05) is 12.1 Å². The van der Waals surface area contributed by atoms with Crippen LogP contribution in [-0.2, 0) is 11.2 Å². The highest BCUT2D eigenvalue weighted by Gasteiger charge is 2.45. The Balaban J connectivity index is 1.38. The molecule has 2 aromatic carbocycles. The first-order valence-corrected chi connectivity index (χ1v) is 10.9. The highest BCUT2D eigenvalue weighted by atomic mass is 16.7. The van der Waals surface area contributed by atoms with Gasteiger partial charge in [-0.1, -0.05) is 12.1 Å². The summed E-state index contributed by atoms with van der Waals surface area (Å²) in [6.07, 6.45) is -5.90. The van der Waals surface area contributed by atoms with Crippen LogP contribution >= 0.6 is 0 Å². The van der Waals surface area contributed by atoms with Gasteiger partial charge in [-0.15, -0.1) is 0 Å². The fourth-order valence-electron chi connectivity index (χ4n) is 5.17. The molecule has 7 atom stereocenters. The summed E-state index contributed by atoms with van der Waals surface area (Å²) < 4.78 is 28.4. The molecule has 0 amide bonds. The molecule has 9 nitrogen and oxygen atoms in total. The Morgan fingerprint density at radius 1 is 0.939 bits per heavy atom. The second kappa shape index (κ2) is 8.66. The maximum absolute atomic E-state index is 10.2. The van der Waals surface area contributed by atoms with Crippen molar-refractivity contribution < 1.29 is 44.1 Å². The summed E-state index contributed by atoms with van der Waals surface area (Å²) in [5.41, 5.74) is 3.37. The van der Waals surface area contributed by atoms with Crippen molar-refractivity contribution in [2.45, 2.75) is 49.0 Å². The molecule has 4 N–H and O–H groups in total. The maximum Gasteiger partial charge on any atom is 0.229 e. The third-order valence-electron chi connectivity index (χ3n) is 6.90. The van der Waals surface area contributed by atoms with Gasteiger partial charge < -0.3 is 44.1 Å². The first-order valence-electron chi connectivity index (χ1n) is 10.9. The van der Waals surface area contributed by atoms with Gasteiger partial charge in [-0.05, 0) is 29.7 Å². The van der Waals surface area contributed by atoms with Gasteiger partial charge in [0.15, 0.2) is 11.5 Å². The van der Waals surface area contributed by atoms with Gasteiger partial charge in [0.05, 0.1) is 27.4 Å². The molecule has 0 radical (unpaired) electrons. The minimum Gasteiger partial charge on any atom is -0.493 e. The molecule has 2 heterocycles. The average Bonchev–Trinajstić information content (AvgIpc) is 3.22. The van der Waals surface area contributed by atoms with Crippen molar-refractivity contribution >= 4 is 0 Å². The summed E-state index contributed by atoms with van der Waals surface area (Å²) in [5, 5.41) is 39.5. The predicted octanol–water partition coefficient (Wildman–Crippen LogP) is 0.698. The van der Waals surface area contributed by atoms with Crippen LogP contribution in [0.25, 0.3) is 0 Å². The minimum atomic E-state index is -1.50. The lowest BCUT2D eigenvalue weighted by molar-refractivity contribution is -0.277. The normalized spacial score (nSPS) is 32.2. The van der Waals surface area contributed by atoms with Gasteiger partial charge in [0.1, 0.15) is 35.9 Å². The zero-order valence-corrected chi connectivity index (χ0v) is 18.4. The van der Waals surface area contributed by atoms with Crippen LogP contribution in [0.4, 0.5) is 0 Å². The van der Waals surface area contributed by atoms with E-state index in [0.717, 1.165) is 23.3 Å². The second-order valence-corrected chi connectivity index (χ2v) is 8.61. The Bertz CT molecular complexity index is 1020. The van der Waals surface area contributed by atoms with Crippen LogP contribution in [0, 0.1) is 0 Å². The van der Waals surface area contributed by atoms with E-state index in [9.17, 15) is 20.4 Å². The van der Waals surface area contributed by atoms with Crippen LogP contribution in [0.2, 0.25) is 0 Å². The smallest absolute Gasteiger partial charge is 0.229 e. The molecule has 9 heteroatoms. The molecular formula is C24H28O9. The lowest BCUT2D eigenvalue weighted by atomic mass is 9.85. The maximum atomic E-state index is 10.2. The summed E-state index contributed by atoms with van der Waals surface area (Å²) in [6.45, 7) is -0.0143. The zero-order valence-electron chi connectivity index (χ0n) is 18.4. The minimum absolute atomic E-state index is 0.199. The van der Waals surface area contributed by atoms with Crippen LogP contribution in [0.5, 0.6) is 23.0 Å². The zero-order chi connectivity index (χ0) is 23.3. The second-order valence-electron chi connectivity index (χ2n) is 8.61.